The minimum absolute atomic E-state index is 0.432. The highest BCUT2D eigenvalue weighted by molar-refractivity contribution is 8.76. The van der Waals surface area contributed by atoms with Gasteiger partial charge in [-0.1, -0.05) is 57.3 Å². The highest BCUT2D eigenvalue weighted by Crippen LogP contribution is 2.41. The molecule has 0 bridgehead atoms. The second-order valence-electron chi connectivity index (χ2n) is 2.45. The van der Waals surface area contributed by atoms with Crippen LogP contribution in [0.2, 0.25) is 0 Å². The van der Waals surface area contributed by atoms with E-state index in [2.05, 4.69) is 0 Å². The Bertz CT molecular complexity index is 212. The molecule has 0 radical (unpaired) electrons. The summed E-state index contributed by atoms with van der Waals surface area (Å²) in [6, 6.07) is 0. The summed E-state index contributed by atoms with van der Waals surface area (Å²) in [4.78, 5) is 0. The van der Waals surface area contributed by atoms with Gasteiger partial charge in [0.25, 0.3) is 0 Å². The summed E-state index contributed by atoms with van der Waals surface area (Å²) < 4.78 is 24.8. The lowest BCUT2D eigenvalue weighted by atomic mass is 11.0. The minimum atomic E-state index is -2.67. The first-order valence-electron chi connectivity index (χ1n) is 4.54. The summed E-state index contributed by atoms with van der Waals surface area (Å²) in [5.41, 5.74) is 0. The van der Waals surface area contributed by atoms with Crippen molar-refractivity contribution in [2.24, 2.45) is 0 Å². The molecule has 0 amide bonds. The van der Waals surface area contributed by atoms with Crippen LogP contribution in [0.5, 0.6) is 0 Å². The van der Waals surface area contributed by atoms with E-state index in [1.54, 1.807) is 21.6 Å². The molecule has 0 spiro atoms. The van der Waals surface area contributed by atoms with E-state index >= 15 is 0 Å². The van der Waals surface area contributed by atoms with Crippen molar-refractivity contribution < 1.29 is 8.78 Å². The largest absolute Gasteiger partial charge is 0.341 e. The van der Waals surface area contributed by atoms with Crippen molar-refractivity contribution in [1.29, 1.82) is 0 Å². The number of thioether (sulfide) groups is 4. The molecule has 0 aliphatic rings. The molecule has 0 N–H and O–H groups in total. The molecule has 102 valence electrons. The van der Waals surface area contributed by atoms with Crippen LogP contribution in [-0.4, -0.2) is 43.6 Å². The van der Waals surface area contributed by atoms with Crippen molar-refractivity contribution >= 4 is 84.4 Å². The molecule has 0 aromatic rings. The first kappa shape index (κ1) is 19.1. The van der Waals surface area contributed by atoms with Crippen molar-refractivity contribution in [2.75, 3.05) is 35.5 Å². The van der Waals surface area contributed by atoms with Gasteiger partial charge in [0.2, 0.25) is 0 Å². The molecule has 0 unspecified atom stereocenters. The zero-order chi connectivity index (χ0) is 13.1. The van der Waals surface area contributed by atoms with Gasteiger partial charge in [-0.25, -0.2) is 0 Å². The Balaban J connectivity index is 3.52. The summed E-state index contributed by atoms with van der Waals surface area (Å²) >= 11 is 9.39. The van der Waals surface area contributed by atoms with Gasteiger partial charge >= 0.3 is 4.59 Å². The van der Waals surface area contributed by atoms with Gasteiger partial charge in [-0.15, -0.1) is 23.5 Å². The third kappa shape index (κ3) is 12.8. The molecule has 0 aromatic carbocycles. The van der Waals surface area contributed by atoms with Gasteiger partial charge in [0, 0.05) is 23.0 Å². The zero-order valence-electron chi connectivity index (χ0n) is 9.44. The third-order valence-corrected chi connectivity index (χ3v) is 8.51. The van der Waals surface area contributed by atoms with E-state index in [1.165, 1.54) is 23.5 Å². The maximum Gasteiger partial charge on any atom is 0.341 e. The normalized spacial score (nSPS) is 11.8. The molecule has 0 saturated heterocycles. The van der Waals surface area contributed by atoms with E-state index in [-0.39, 0.29) is 0 Å². The maximum absolute atomic E-state index is 13.3. The fourth-order valence-electron chi connectivity index (χ4n) is 0.664. The molecule has 0 nitrogen and oxygen atoms in total. The van der Waals surface area contributed by atoms with Crippen molar-refractivity contribution in [3.8, 4) is 0 Å². The number of thiocarbonyl (C=S) groups is 1. The third-order valence-electron chi connectivity index (χ3n) is 1.29. The fraction of sp³-hybridized carbons (Fsp3) is 0.875. The summed E-state index contributed by atoms with van der Waals surface area (Å²) in [5, 5.41) is 0. The molecule has 9 heteroatoms. The molecule has 0 aliphatic carbocycles. The van der Waals surface area contributed by atoms with E-state index < -0.39 is 4.59 Å². The highest BCUT2D eigenvalue weighted by atomic mass is 33.1. The minimum Gasteiger partial charge on any atom is -0.182 e. The van der Waals surface area contributed by atoms with Gasteiger partial charge in [0.15, 0.2) is 0 Å². The topological polar surface area (TPSA) is 0 Å². The number of alkyl halides is 2. The van der Waals surface area contributed by atoms with Crippen molar-refractivity contribution in [3.63, 3.8) is 0 Å². The van der Waals surface area contributed by atoms with E-state index in [4.69, 9.17) is 12.2 Å². The smallest absolute Gasteiger partial charge is 0.182 e. The van der Waals surface area contributed by atoms with Gasteiger partial charge in [0.05, 0.1) is 0 Å². The van der Waals surface area contributed by atoms with E-state index in [9.17, 15) is 8.78 Å². The molecule has 0 aliphatic heterocycles. The van der Waals surface area contributed by atoms with Crippen molar-refractivity contribution in [2.45, 2.75) is 4.59 Å². The van der Waals surface area contributed by atoms with Crippen LogP contribution in [0.15, 0.2) is 0 Å². The van der Waals surface area contributed by atoms with Crippen LogP contribution >= 0.6 is 80.9 Å². The number of rotatable bonds is 9. The molecular weight excluding hydrogens is 359 g/mol. The van der Waals surface area contributed by atoms with Gasteiger partial charge in [-0.05, 0) is 12.5 Å². The van der Waals surface area contributed by atoms with Crippen LogP contribution in [0.3, 0.4) is 0 Å². The average Bonchev–Trinajstić information content (AvgIpc) is 2.30. The summed E-state index contributed by atoms with van der Waals surface area (Å²) in [6.45, 7) is 0. The molecule has 0 saturated carbocycles. The molecule has 0 rings (SSSR count). The Kier molecular flexibility index (Phi) is 13.3. The Morgan fingerprint density at radius 3 is 2.18 bits per heavy atom. The van der Waals surface area contributed by atoms with Gasteiger partial charge < -0.3 is 0 Å². The van der Waals surface area contributed by atoms with Crippen molar-refractivity contribution in [3.05, 3.63) is 0 Å². The van der Waals surface area contributed by atoms with Gasteiger partial charge in [-0.3, -0.25) is 0 Å². The Morgan fingerprint density at radius 2 is 1.65 bits per heavy atom. The lowest BCUT2D eigenvalue weighted by molar-refractivity contribution is 0.212. The highest BCUT2D eigenvalue weighted by Gasteiger charge is 2.29. The predicted molar refractivity (Wildman–Crippen MR) is 94.4 cm³/mol. The first-order valence-corrected chi connectivity index (χ1v) is 11.9. The van der Waals surface area contributed by atoms with Crippen LogP contribution in [-0.2, 0) is 0 Å². The van der Waals surface area contributed by atoms with E-state index in [0.717, 1.165) is 21.0 Å². The Morgan fingerprint density at radius 1 is 1.06 bits per heavy atom. The summed E-state index contributed by atoms with van der Waals surface area (Å²) in [5.74, 6) is 2.33. The molecular formula is C8H14F2S7. The standard InChI is InChI=1S/C8H14F2S7/c1-12-7(11)14-3-4-15-8(9,10)16-5-6-17-13-2/h3-6H2,1-2H3. The molecule has 0 aromatic heterocycles. The zero-order valence-corrected chi connectivity index (χ0v) is 15.2. The maximum atomic E-state index is 13.3. The molecule has 17 heavy (non-hydrogen) atoms. The van der Waals surface area contributed by atoms with Crippen LogP contribution in [0.4, 0.5) is 8.78 Å². The van der Waals surface area contributed by atoms with Crippen molar-refractivity contribution in [1.82, 2.24) is 0 Å². The van der Waals surface area contributed by atoms with Gasteiger partial charge in [0.1, 0.15) is 3.53 Å². The lowest BCUT2D eigenvalue weighted by Gasteiger charge is -2.14. The van der Waals surface area contributed by atoms with E-state index in [1.807, 2.05) is 12.5 Å². The number of halogens is 2. The van der Waals surface area contributed by atoms with Crippen LogP contribution < -0.4 is 0 Å². The fourth-order valence-corrected chi connectivity index (χ4v) is 5.66. The van der Waals surface area contributed by atoms with E-state index in [0.29, 0.717) is 29.0 Å². The molecule has 0 fully saturated rings. The lowest BCUT2D eigenvalue weighted by Crippen LogP contribution is -2.08. The Hall–Kier alpha value is 2.05. The average molecular weight is 373 g/mol. The SMILES string of the molecule is CSSCCSC(F)(F)SCCSC(=S)SC. The summed E-state index contributed by atoms with van der Waals surface area (Å²) in [6.07, 6.45) is 3.85. The van der Waals surface area contributed by atoms with Crippen LogP contribution in [0, 0.1) is 0 Å². The predicted octanol–water partition coefficient (Wildman–Crippen LogP) is 5.40. The number of hydrogen-bond donors (Lipinski definition) is 0. The number of hydrogen-bond acceptors (Lipinski definition) is 7. The molecule has 0 heterocycles. The Labute approximate surface area is 132 Å². The van der Waals surface area contributed by atoms with Crippen LogP contribution in [0.1, 0.15) is 0 Å². The first-order chi connectivity index (χ1) is 8.02. The molecule has 0 atom stereocenters. The monoisotopic (exact) mass is 372 g/mol. The second-order valence-corrected chi connectivity index (χ2v) is 10.9. The quantitative estimate of drug-likeness (QED) is 0.227. The van der Waals surface area contributed by atoms with Crippen LogP contribution in [0.25, 0.3) is 0 Å². The second kappa shape index (κ2) is 11.8. The summed E-state index contributed by atoms with van der Waals surface area (Å²) in [7, 11) is 3.22. The van der Waals surface area contributed by atoms with Gasteiger partial charge in [-0.2, -0.15) is 8.78 Å².